The Kier molecular flexibility index (Phi) is 6.06. The molecule has 2 unspecified atom stereocenters. The summed E-state index contributed by atoms with van der Waals surface area (Å²) in [6, 6.07) is 10.9. The van der Waals surface area contributed by atoms with E-state index < -0.39 is 0 Å². The lowest BCUT2D eigenvalue weighted by Crippen LogP contribution is -2.39. The van der Waals surface area contributed by atoms with Crippen LogP contribution in [0.4, 0.5) is 4.39 Å². The predicted molar refractivity (Wildman–Crippen MR) is 95.0 cm³/mol. The van der Waals surface area contributed by atoms with E-state index in [9.17, 15) is 4.39 Å². The van der Waals surface area contributed by atoms with Crippen LogP contribution < -0.4 is 10.6 Å². The SMILES string of the molecule is CN=C(NCCCOCc1ccco1)NC1CC1c1ccccc1F. The molecule has 25 heavy (non-hydrogen) atoms. The van der Waals surface area contributed by atoms with Crippen molar-refractivity contribution in [2.24, 2.45) is 4.99 Å². The summed E-state index contributed by atoms with van der Waals surface area (Å²) in [5, 5.41) is 6.61. The van der Waals surface area contributed by atoms with Gasteiger partial charge in [-0.2, -0.15) is 0 Å². The van der Waals surface area contributed by atoms with Crippen molar-refractivity contribution in [2.75, 3.05) is 20.2 Å². The van der Waals surface area contributed by atoms with E-state index >= 15 is 0 Å². The third-order valence-corrected chi connectivity index (χ3v) is 4.22. The maximum Gasteiger partial charge on any atom is 0.191 e. The number of guanidine groups is 1. The molecule has 3 rings (SSSR count). The number of benzene rings is 1. The van der Waals surface area contributed by atoms with Gasteiger partial charge in [-0.25, -0.2) is 4.39 Å². The van der Waals surface area contributed by atoms with E-state index in [0.717, 1.165) is 36.7 Å². The Morgan fingerprint density at radius 2 is 2.20 bits per heavy atom. The topological polar surface area (TPSA) is 58.8 Å². The average molecular weight is 345 g/mol. The smallest absolute Gasteiger partial charge is 0.191 e. The molecule has 0 aliphatic heterocycles. The fraction of sp³-hybridized carbons (Fsp3) is 0.421. The van der Waals surface area contributed by atoms with Gasteiger partial charge in [-0.1, -0.05) is 18.2 Å². The lowest BCUT2D eigenvalue weighted by atomic mass is 10.1. The molecule has 1 fully saturated rings. The first-order valence-corrected chi connectivity index (χ1v) is 8.59. The zero-order valence-electron chi connectivity index (χ0n) is 14.4. The Morgan fingerprint density at radius 3 is 2.96 bits per heavy atom. The first-order valence-electron chi connectivity index (χ1n) is 8.59. The highest BCUT2D eigenvalue weighted by Crippen LogP contribution is 2.41. The quantitative estimate of drug-likeness (QED) is 0.439. The van der Waals surface area contributed by atoms with E-state index in [2.05, 4.69) is 15.6 Å². The molecule has 0 spiro atoms. The molecule has 1 aromatic carbocycles. The lowest BCUT2D eigenvalue weighted by Gasteiger charge is -2.12. The van der Waals surface area contributed by atoms with Gasteiger partial charge >= 0.3 is 0 Å². The van der Waals surface area contributed by atoms with Gasteiger partial charge in [0.15, 0.2) is 5.96 Å². The van der Waals surface area contributed by atoms with Crippen LogP contribution in [0.2, 0.25) is 0 Å². The van der Waals surface area contributed by atoms with Crippen molar-refractivity contribution in [1.29, 1.82) is 0 Å². The largest absolute Gasteiger partial charge is 0.467 e. The highest BCUT2D eigenvalue weighted by molar-refractivity contribution is 5.80. The van der Waals surface area contributed by atoms with Crippen LogP contribution >= 0.6 is 0 Å². The fourth-order valence-corrected chi connectivity index (χ4v) is 2.79. The molecule has 2 atom stereocenters. The number of nitrogens with zero attached hydrogens (tertiary/aromatic N) is 1. The van der Waals surface area contributed by atoms with Crippen LogP contribution in [-0.2, 0) is 11.3 Å². The summed E-state index contributed by atoms with van der Waals surface area (Å²) < 4.78 is 24.5. The van der Waals surface area contributed by atoms with Gasteiger partial charge in [0.1, 0.15) is 18.2 Å². The molecular weight excluding hydrogens is 321 g/mol. The van der Waals surface area contributed by atoms with E-state index in [1.165, 1.54) is 6.07 Å². The molecule has 2 N–H and O–H groups in total. The molecule has 6 heteroatoms. The average Bonchev–Trinajstić information content (AvgIpc) is 3.18. The van der Waals surface area contributed by atoms with Crippen LogP contribution in [0.1, 0.15) is 30.1 Å². The van der Waals surface area contributed by atoms with E-state index in [1.54, 1.807) is 19.4 Å². The van der Waals surface area contributed by atoms with Gasteiger partial charge in [0, 0.05) is 32.2 Å². The van der Waals surface area contributed by atoms with Gasteiger partial charge < -0.3 is 19.8 Å². The number of ether oxygens (including phenoxy) is 1. The van der Waals surface area contributed by atoms with Crippen molar-refractivity contribution < 1.29 is 13.5 Å². The molecular formula is C19H24FN3O2. The first kappa shape index (κ1) is 17.5. The monoisotopic (exact) mass is 345 g/mol. The molecule has 0 saturated heterocycles. The van der Waals surface area contributed by atoms with Crippen LogP contribution in [0.15, 0.2) is 52.1 Å². The van der Waals surface area contributed by atoms with Crippen molar-refractivity contribution in [2.45, 2.75) is 31.4 Å². The predicted octanol–water partition coefficient (Wildman–Crippen LogP) is 3.05. The normalized spacial score (nSPS) is 19.7. The highest BCUT2D eigenvalue weighted by Gasteiger charge is 2.40. The molecule has 1 aliphatic carbocycles. The van der Waals surface area contributed by atoms with E-state index in [-0.39, 0.29) is 17.8 Å². The van der Waals surface area contributed by atoms with Gasteiger partial charge in [0.2, 0.25) is 0 Å². The Hall–Kier alpha value is -2.34. The van der Waals surface area contributed by atoms with Crippen LogP contribution in [-0.4, -0.2) is 32.2 Å². The summed E-state index contributed by atoms with van der Waals surface area (Å²) in [5.74, 6) is 1.66. The minimum atomic E-state index is -0.131. The molecule has 0 bridgehead atoms. The van der Waals surface area contributed by atoms with E-state index in [1.807, 2.05) is 24.3 Å². The number of nitrogens with one attached hydrogen (secondary N) is 2. The maximum atomic E-state index is 13.8. The Bertz CT molecular complexity index is 688. The Morgan fingerprint density at radius 1 is 1.32 bits per heavy atom. The molecule has 134 valence electrons. The minimum Gasteiger partial charge on any atom is -0.467 e. The van der Waals surface area contributed by atoms with Gasteiger partial charge in [0.25, 0.3) is 0 Å². The van der Waals surface area contributed by atoms with E-state index in [0.29, 0.717) is 13.2 Å². The number of rotatable bonds is 8. The van der Waals surface area contributed by atoms with Crippen LogP contribution in [0.5, 0.6) is 0 Å². The van der Waals surface area contributed by atoms with Gasteiger partial charge in [-0.3, -0.25) is 4.99 Å². The maximum absolute atomic E-state index is 13.8. The van der Waals surface area contributed by atoms with Crippen LogP contribution in [0.25, 0.3) is 0 Å². The highest BCUT2D eigenvalue weighted by atomic mass is 19.1. The number of hydrogen-bond donors (Lipinski definition) is 2. The van der Waals surface area contributed by atoms with Gasteiger partial charge in [-0.05, 0) is 36.6 Å². The second-order valence-electron chi connectivity index (χ2n) is 6.10. The van der Waals surface area contributed by atoms with Crippen molar-refractivity contribution >= 4 is 5.96 Å². The third kappa shape index (κ3) is 5.06. The lowest BCUT2D eigenvalue weighted by molar-refractivity contribution is 0.105. The second-order valence-corrected chi connectivity index (χ2v) is 6.10. The molecule has 1 aliphatic rings. The van der Waals surface area contributed by atoms with Crippen molar-refractivity contribution in [3.63, 3.8) is 0 Å². The third-order valence-electron chi connectivity index (χ3n) is 4.22. The molecule has 1 aromatic heterocycles. The summed E-state index contributed by atoms with van der Waals surface area (Å²) in [6.07, 6.45) is 3.43. The van der Waals surface area contributed by atoms with E-state index in [4.69, 9.17) is 9.15 Å². The molecule has 5 nitrogen and oxygen atoms in total. The number of hydrogen-bond acceptors (Lipinski definition) is 3. The second kappa shape index (κ2) is 8.67. The molecule has 0 amide bonds. The molecule has 1 saturated carbocycles. The summed E-state index contributed by atoms with van der Waals surface area (Å²) >= 11 is 0. The zero-order valence-corrected chi connectivity index (χ0v) is 14.4. The Balaban J connectivity index is 1.32. The van der Waals surface area contributed by atoms with Gasteiger partial charge in [0.05, 0.1) is 6.26 Å². The summed E-state index contributed by atoms with van der Waals surface area (Å²) in [6.45, 7) is 1.90. The molecule has 2 aromatic rings. The standard InChI is InChI=1S/C19H24FN3O2/c1-21-19(22-9-5-10-24-13-14-6-4-11-25-14)23-18-12-16(18)15-7-2-3-8-17(15)20/h2-4,6-8,11,16,18H,5,9-10,12-13H2,1H3,(H2,21,22,23). The molecule has 1 heterocycles. The van der Waals surface area contributed by atoms with Crippen molar-refractivity contribution in [1.82, 2.24) is 10.6 Å². The number of halogens is 1. The molecule has 0 radical (unpaired) electrons. The summed E-state index contributed by atoms with van der Waals surface area (Å²) in [4.78, 5) is 4.22. The van der Waals surface area contributed by atoms with Crippen molar-refractivity contribution in [3.8, 4) is 0 Å². The zero-order chi connectivity index (χ0) is 17.5. The number of furan rings is 1. The van der Waals surface area contributed by atoms with Crippen LogP contribution in [0.3, 0.4) is 0 Å². The minimum absolute atomic E-state index is 0.131. The summed E-state index contributed by atoms with van der Waals surface area (Å²) in [7, 11) is 1.74. The fourth-order valence-electron chi connectivity index (χ4n) is 2.79. The first-order chi connectivity index (χ1) is 12.3. The Labute approximate surface area is 147 Å². The number of aliphatic imine (C=N–C) groups is 1. The van der Waals surface area contributed by atoms with Crippen LogP contribution in [0, 0.1) is 5.82 Å². The summed E-state index contributed by atoms with van der Waals surface area (Å²) in [5.41, 5.74) is 0.779. The van der Waals surface area contributed by atoms with Gasteiger partial charge in [-0.15, -0.1) is 0 Å². The van der Waals surface area contributed by atoms with Crippen molar-refractivity contribution in [3.05, 3.63) is 59.8 Å².